The first-order valence-corrected chi connectivity index (χ1v) is 9.42. The highest BCUT2D eigenvalue weighted by atomic mass is 16.2. The summed E-state index contributed by atoms with van der Waals surface area (Å²) in [6, 6.07) is 14.7. The SMILES string of the molecule is Cc1ccc([C@]2(C)NC(=O)N(CC(=O)N3c4ccccc4C[C@@H]3C)C2=O)cc1. The lowest BCUT2D eigenvalue weighted by molar-refractivity contribution is -0.134. The lowest BCUT2D eigenvalue weighted by Crippen LogP contribution is -2.46. The molecule has 0 bridgehead atoms. The summed E-state index contributed by atoms with van der Waals surface area (Å²) < 4.78 is 0. The number of hydrogen-bond acceptors (Lipinski definition) is 3. The van der Waals surface area contributed by atoms with Crippen LogP contribution in [0.15, 0.2) is 48.5 Å². The van der Waals surface area contributed by atoms with Gasteiger partial charge in [-0.15, -0.1) is 0 Å². The van der Waals surface area contributed by atoms with Crippen molar-refractivity contribution in [3.63, 3.8) is 0 Å². The minimum absolute atomic E-state index is 0.00542. The van der Waals surface area contributed by atoms with Crippen LogP contribution in [0, 0.1) is 6.92 Å². The molecule has 0 aromatic heterocycles. The third kappa shape index (κ3) is 2.76. The van der Waals surface area contributed by atoms with Gasteiger partial charge in [0.25, 0.3) is 5.91 Å². The molecular formula is C22H23N3O3. The maximum absolute atomic E-state index is 13.1. The Morgan fingerprint density at radius 1 is 1.14 bits per heavy atom. The van der Waals surface area contributed by atoms with Gasteiger partial charge in [0.2, 0.25) is 5.91 Å². The summed E-state index contributed by atoms with van der Waals surface area (Å²) in [5, 5.41) is 2.76. The van der Waals surface area contributed by atoms with Crippen LogP contribution in [0.25, 0.3) is 0 Å². The molecule has 4 rings (SSSR count). The number of carbonyl (C=O) groups is 3. The molecule has 0 saturated carbocycles. The quantitative estimate of drug-likeness (QED) is 0.836. The van der Waals surface area contributed by atoms with Crippen LogP contribution >= 0.6 is 0 Å². The van der Waals surface area contributed by atoms with Crippen LogP contribution < -0.4 is 10.2 Å². The second-order valence-electron chi connectivity index (χ2n) is 7.76. The molecule has 2 aliphatic rings. The number of nitrogens with zero attached hydrogens (tertiary/aromatic N) is 2. The van der Waals surface area contributed by atoms with Gasteiger partial charge >= 0.3 is 6.03 Å². The zero-order valence-electron chi connectivity index (χ0n) is 16.2. The topological polar surface area (TPSA) is 69.7 Å². The number of aryl methyl sites for hydroxylation is 1. The molecule has 2 atom stereocenters. The summed E-state index contributed by atoms with van der Waals surface area (Å²) in [7, 11) is 0. The van der Waals surface area contributed by atoms with Crippen LogP contribution in [0.3, 0.4) is 0 Å². The molecule has 1 N–H and O–H groups in total. The van der Waals surface area contributed by atoms with E-state index in [-0.39, 0.29) is 18.5 Å². The Labute approximate surface area is 164 Å². The van der Waals surface area contributed by atoms with E-state index in [1.807, 2.05) is 62.4 Å². The van der Waals surface area contributed by atoms with Crippen molar-refractivity contribution in [2.24, 2.45) is 0 Å². The smallest absolute Gasteiger partial charge is 0.319 e. The number of benzene rings is 2. The molecule has 2 aromatic carbocycles. The fourth-order valence-corrected chi connectivity index (χ4v) is 4.08. The van der Waals surface area contributed by atoms with Crippen LogP contribution in [-0.2, 0) is 21.5 Å². The average Bonchev–Trinajstić information content (AvgIpc) is 3.11. The number of hydrogen-bond donors (Lipinski definition) is 1. The first-order chi connectivity index (χ1) is 13.3. The highest BCUT2D eigenvalue weighted by Gasteiger charge is 2.50. The van der Waals surface area contributed by atoms with Gasteiger partial charge in [0.1, 0.15) is 12.1 Å². The zero-order valence-corrected chi connectivity index (χ0v) is 16.2. The van der Waals surface area contributed by atoms with E-state index in [1.54, 1.807) is 11.8 Å². The molecule has 1 fully saturated rings. The maximum atomic E-state index is 13.1. The summed E-state index contributed by atoms with van der Waals surface area (Å²) in [6.07, 6.45) is 0.767. The van der Waals surface area contributed by atoms with Crippen LogP contribution in [0.1, 0.15) is 30.5 Å². The van der Waals surface area contributed by atoms with Gasteiger partial charge < -0.3 is 10.2 Å². The summed E-state index contributed by atoms with van der Waals surface area (Å²) >= 11 is 0. The van der Waals surface area contributed by atoms with Crippen molar-refractivity contribution in [2.45, 2.75) is 38.8 Å². The first kappa shape index (κ1) is 18.2. The van der Waals surface area contributed by atoms with Gasteiger partial charge in [0, 0.05) is 11.7 Å². The molecule has 0 unspecified atom stereocenters. The number of amides is 4. The number of para-hydroxylation sites is 1. The number of imide groups is 1. The second kappa shape index (κ2) is 6.48. The number of nitrogens with one attached hydrogen (secondary N) is 1. The molecular weight excluding hydrogens is 354 g/mol. The van der Waals surface area contributed by atoms with Gasteiger partial charge in [0.15, 0.2) is 0 Å². The van der Waals surface area contributed by atoms with Gasteiger partial charge in [0.05, 0.1) is 0 Å². The Morgan fingerprint density at radius 2 is 1.82 bits per heavy atom. The van der Waals surface area contributed by atoms with Crippen LogP contribution in [-0.4, -0.2) is 35.3 Å². The first-order valence-electron chi connectivity index (χ1n) is 9.42. The van der Waals surface area contributed by atoms with Crippen molar-refractivity contribution >= 4 is 23.5 Å². The number of anilines is 1. The molecule has 2 heterocycles. The van der Waals surface area contributed by atoms with E-state index in [2.05, 4.69) is 5.32 Å². The molecule has 4 amide bonds. The van der Waals surface area contributed by atoms with Crippen LogP contribution in [0.4, 0.5) is 10.5 Å². The third-order valence-corrected chi connectivity index (χ3v) is 5.67. The predicted molar refractivity (Wildman–Crippen MR) is 106 cm³/mol. The van der Waals surface area contributed by atoms with Crippen molar-refractivity contribution in [2.75, 3.05) is 11.4 Å². The minimum atomic E-state index is -1.17. The normalized spacial score (nSPS) is 23.8. The van der Waals surface area contributed by atoms with Gasteiger partial charge in [-0.1, -0.05) is 48.0 Å². The molecule has 6 nitrogen and oxygen atoms in total. The summed E-state index contributed by atoms with van der Waals surface area (Å²) in [6.45, 7) is 5.34. The van der Waals surface area contributed by atoms with E-state index in [9.17, 15) is 14.4 Å². The summed E-state index contributed by atoms with van der Waals surface area (Å²) in [4.78, 5) is 41.3. The third-order valence-electron chi connectivity index (χ3n) is 5.67. The molecule has 0 radical (unpaired) electrons. The van der Waals surface area contributed by atoms with E-state index >= 15 is 0 Å². The number of fused-ring (bicyclic) bond motifs is 1. The van der Waals surface area contributed by atoms with E-state index in [4.69, 9.17) is 0 Å². The Morgan fingerprint density at radius 3 is 2.54 bits per heavy atom. The van der Waals surface area contributed by atoms with Crippen molar-refractivity contribution in [3.05, 3.63) is 65.2 Å². The molecule has 1 saturated heterocycles. The van der Waals surface area contributed by atoms with Crippen LogP contribution in [0.2, 0.25) is 0 Å². The number of urea groups is 1. The fourth-order valence-electron chi connectivity index (χ4n) is 4.08. The fraction of sp³-hybridized carbons (Fsp3) is 0.318. The van der Waals surface area contributed by atoms with Crippen molar-refractivity contribution in [1.82, 2.24) is 10.2 Å². The molecule has 0 aliphatic carbocycles. The van der Waals surface area contributed by atoms with Crippen molar-refractivity contribution < 1.29 is 14.4 Å². The number of carbonyl (C=O) groups excluding carboxylic acids is 3. The molecule has 28 heavy (non-hydrogen) atoms. The van der Waals surface area contributed by atoms with Crippen molar-refractivity contribution in [3.8, 4) is 0 Å². The predicted octanol–water partition coefficient (Wildman–Crippen LogP) is 2.74. The van der Waals surface area contributed by atoms with E-state index in [1.165, 1.54) is 0 Å². The zero-order chi connectivity index (χ0) is 20.1. The van der Waals surface area contributed by atoms with Crippen LogP contribution in [0.5, 0.6) is 0 Å². The van der Waals surface area contributed by atoms with Gasteiger partial charge in [-0.2, -0.15) is 0 Å². The van der Waals surface area contributed by atoms with E-state index in [0.717, 1.165) is 28.1 Å². The van der Waals surface area contributed by atoms with Gasteiger partial charge in [-0.05, 0) is 44.4 Å². The standard InChI is InChI=1S/C22H23N3O3/c1-14-8-10-17(11-9-14)22(3)20(27)24(21(28)23-22)13-19(26)25-15(2)12-16-6-4-5-7-18(16)25/h4-11,15H,12-13H2,1-3H3,(H,23,28)/t15-,22-/m0/s1. The molecule has 2 aromatic rings. The van der Waals surface area contributed by atoms with Gasteiger partial charge in [-0.3, -0.25) is 14.5 Å². The molecule has 144 valence electrons. The Balaban J connectivity index is 1.57. The molecule has 2 aliphatic heterocycles. The number of rotatable bonds is 3. The lowest BCUT2D eigenvalue weighted by atomic mass is 9.91. The van der Waals surface area contributed by atoms with E-state index < -0.39 is 17.5 Å². The largest absolute Gasteiger partial charge is 0.325 e. The van der Waals surface area contributed by atoms with E-state index in [0.29, 0.717) is 5.56 Å². The summed E-state index contributed by atoms with van der Waals surface area (Å²) in [5.41, 5.74) is 2.56. The average molecular weight is 377 g/mol. The molecule has 6 heteroatoms. The highest BCUT2D eigenvalue weighted by molar-refractivity contribution is 6.10. The second-order valence-corrected chi connectivity index (χ2v) is 7.76. The maximum Gasteiger partial charge on any atom is 0.325 e. The van der Waals surface area contributed by atoms with Gasteiger partial charge in [-0.25, -0.2) is 4.79 Å². The summed E-state index contributed by atoms with van der Waals surface area (Å²) in [5.74, 6) is -0.663. The minimum Gasteiger partial charge on any atom is -0.319 e. The van der Waals surface area contributed by atoms with Crippen molar-refractivity contribution in [1.29, 1.82) is 0 Å². The lowest BCUT2D eigenvalue weighted by Gasteiger charge is -2.25. The monoisotopic (exact) mass is 377 g/mol. The highest BCUT2D eigenvalue weighted by Crippen LogP contribution is 2.33. The Hall–Kier alpha value is -3.15. The Bertz CT molecular complexity index is 969. The Kier molecular flexibility index (Phi) is 4.22. The molecule has 0 spiro atoms.